The van der Waals surface area contributed by atoms with E-state index in [1.54, 1.807) is 6.92 Å². The molecular formula is C7H14O3. The van der Waals surface area contributed by atoms with Crippen LogP contribution in [0, 0.1) is 11.8 Å². The minimum atomic E-state index is -1.22. The number of carbonyl (C=O) groups is 1. The van der Waals surface area contributed by atoms with Crippen molar-refractivity contribution in [3.63, 3.8) is 0 Å². The standard InChI is InChI=1S/C7H14O3/c1-4(2)5(3)6(8)7(9)10/h4-6,8H,1-3H3,(H,9,10)/t5-,6?/m0/s1. The molecule has 10 heavy (non-hydrogen) atoms. The van der Waals surface area contributed by atoms with Crippen LogP contribution in [-0.2, 0) is 4.79 Å². The summed E-state index contributed by atoms with van der Waals surface area (Å²) in [5.74, 6) is -1.12. The van der Waals surface area contributed by atoms with Gasteiger partial charge in [0.2, 0.25) is 0 Å². The van der Waals surface area contributed by atoms with Gasteiger partial charge in [-0.05, 0) is 11.8 Å². The van der Waals surface area contributed by atoms with E-state index in [1.165, 1.54) is 0 Å². The van der Waals surface area contributed by atoms with E-state index in [2.05, 4.69) is 0 Å². The summed E-state index contributed by atoms with van der Waals surface area (Å²) in [4.78, 5) is 10.2. The Balaban J connectivity index is 3.94. The van der Waals surface area contributed by atoms with Crippen molar-refractivity contribution in [2.45, 2.75) is 26.9 Å². The lowest BCUT2D eigenvalue weighted by Gasteiger charge is -2.17. The summed E-state index contributed by atoms with van der Waals surface area (Å²) >= 11 is 0. The van der Waals surface area contributed by atoms with Crippen LogP contribution in [0.3, 0.4) is 0 Å². The molecule has 0 aliphatic rings. The third-order valence-corrected chi connectivity index (χ3v) is 1.80. The van der Waals surface area contributed by atoms with E-state index in [1.807, 2.05) is 13.8 Å². The van der Waals surface area contributed by atoms with Gasteiger partial charge in [-0.15, -0.1) is 0 Å². The molecule has 0 saturated carbocycles. The molecule has 2 N–H and O–H groups in total. The lowest BCUT2D eigenvalue weighted by molar-refractivity contribution is -0.150. The maximum Gasteiger partial charge on any atom is 0.332 e. The van der Waals surface area contributed by atoms with Gasteiger partial charge in [0, 0.05) is 0 Å². The van der Waals surface area contributed by atoms with Crippen LogP contribution in [0.4, 0.5) is 0 Å². The molecule has 1 unspecified atom stereocenters. The first kappa shape index (κ1) is 9.43. The zero-order valence-corrected chi connectivity index (χ0v) is 6.53. The molecule has 0 fully saturated rings. The predicted molar refractivity (Wildman–Crippen MR) is 37.6 cm³/mol. The minimum absolute atomic E-state index is 0.183. The second-order valence-electron chi connectivity index (χ2n) is 2.89. The Labute approximate surface area is 60.7 Å². The molecule has 0 spiro atoms. The fourth-order valence-corrected chi connectivity index (χ4v) is 0.589. The first-order valence-electron chi connectivity index (χ1n) is 3.37. The van der Waals surface area contributed by atoms with Crippen molar-refractivity contribution in [1.29, 1.82) is 0 Å². The number of aliphatic carboxylic acids is 1. The van der Waals surface area contributed by atoms with Gasteiger partial charge in [-0.25, -0.2) is 4.79 Å². The second kappa shape index (κ2) is 3.56. The third kappa shape index (κ3) is 2.35. The highest BCUT2D eigenvalue weighted by Crippen LogP contribution is 2.13. The molecule has 0 aromatic carbocycles. The van der Waals surface area contributed by atoms with Gasteiger partial charge in [-0.1, -0.05) is 20.8 Å². The van der Waals surface area contributed by atoms with E-state index >= 15 is 0 Å². The summed E-state index contributed by atoms with van der Waals surface area (Å²) in [6.45, 7) is 5.50. The van der Waals surface area contributed by atoms with Crippen molar-refractivity contribution in [1.82, 2.24) is 0 Å². The fourth-order valence-electron chi connectivity index (χ4n) is 0.589. The lowest BCUT2D eigenvalue weighted by atomic mass is 9.92. The number of rotatable bonds is 3. The molecule has 0 rings (SSSR count). The first-order valence-corrected chi connectivity index (χ1v) is 3.37. The second-order valence-corrected chi connectivity index (χ2v) is 2.89. The van der Waals surface area contributed by atoms with Gasteiger partial charge in [0.1, 0.15) is 0 Å². The molecule has 0 amide bonds. The summed E-state index contributed by atoms with van der Waals surface area (Å²) in [7, 11) is 0. The van der Waals surface area contributed by atoms with Gasteiger partial charge in [-0.2, -0.15) is 0 Å². The van der Waals surface area contributed by atoms with Crippen molar-refractivity contribution in [2.75, 3.05) is 0 Å². The van der Waals surface area contributed by atoms with Crippen LogP contribution in [0.5, 0.6) is 0 Å². The molecule has 3 heteroatoms. The number of carboxylic acid groups (broad SMARTS) is 1. The monoisotopic (exact) mass is 146 g/mol. The Bertz CT molecular complexity index is 120. The van der Waals surface area contributed by atoms with Crippen LogP contribution in [0.15, 0.2) is 0 Å². The molecular weight excluding hydrogens is 132 g/mol. The molecule has 0 aromatic rings. The number of hydrogen-bond acceptors (Lipinski definition) is 2. The van der Waals surface area contributed by atoms with Crippen LogP contribution < -0.4 is 0 Å². The van der Waals surface area contributed by atoms with E-state index in [0.717, 1.165) is 0 Å². The highest BCUT2D eigenvalue weighted by Gasteiger charge is 2.23. The van der Waals surface area contributed by atoms with Crippen molar-refractivity contribution in [3.05, 3.63) is 0 Å². The van der Waals surface area contributed by atoms with Crippen molar-refractivity contribution in [3.8, 4) is 0 Å². The largest absolute Gasteiger partial charge is 0.479 e. The van der Waals surface area contributed by atoms with Gasteiger partial charge >= 0.3 is 5.97 Å². The predicted octanol–water partition coefficient (Wildman–Crippen LogP) is 0.724. The zero-order valence-electron chi connectivity index (χ0n) is 6.53. The smallest absolute Gasteiger partial charge is 0.332 e. The number of hydrogen-bond donors (Lipinski definition) is 2. The van der Waals surface area contributed by atoms with E-state index in [4.69, 9.17) is 10.2 Å². The molecule has 0 saturated heterocycles. The molecule has 0 aliphatic heterocycles. The van der Waals surface area contributed by atoms with Crippen molar-refractivity contribution in [2.24, 2.45) is 11.8 Å². The summed E-state index contributed by atoms with van der Waals surface area (Å²) in [5, 5.41) is 17.3. The fraction of sp³-hybridized carbons (Fsp3) is 0.857. The van der Waals surface area contributed by atoms with Gasteiger partial charge in [0.05, 0.1) is 0 Å². The average Bonchev–Trinajstić information content (AvgIpc) is 1.84. The average molecular weight is 146 g/mol. The number of aliphatic hydroxyl groups excluding tert-OH is 1. The molecule has 60 valence electrons. The van der Waals surface area contributed by atoms with Crippen LogP contribution in [0.25, 0.3) is 0 Å². The molecule has 0 radical (unpaired) electrons. The van der Waals surface area contributed by atoms with Gasteiger partial charge in [0.25, 0.3) is 0 Å². The van der Waals surface area contributed by atoms with Gasteiger partial charge < -0.3 is 10.2 Å². The summed E-state index contributed by atoms with van der Waals surface area (Å²) < 4.78 is 0. The van der Waals surface area contributed by atoms with Crippen LogP contribution in [0.1, 0.15) is 20.8 Å². The maximum atomic E-state index is 10.2. The summed E-state index contributed by atoms with van der Waals surface area (Å²) in [5.41, 5.74) is 0. The van der Waals surface area contributed by atoms with Crippen LogP contribution >= 0.6 is 0 Å². The summed E-state index contributed by atoms with van der Waals surface area (Å²) in [6, 6.07) is 0. The first-order chi connectivity index (χ1) is 4.46. The van der Waals surface area contributed by atoms with E-state index in [9.17, 15) is 4.79 Å². The van der Waals surface area contributed by atoms with Gasteiger partial charge in [0.15, 0.2) is 6.10 Å². The minimum Gasteiger partial charge on any atom is -0.479 e. The lowest BCUT2D eigenvalue weighted by Crippen LogP contribution is -2.30. The molecule has 0 aliphatic carbocycles. The highest BCUT2D eigenvalue weighted by atomic mass is 16.4. The zero-order chi connectivity index (χ0) is 8.31. The Hall–Kier alpha value is -0.570. The quantitative estimate of drug-likeness (QED) is 0.617. The molecule has 2 atom stereocenters. The Morgan fingerprint density at radius 2 is 1.70 bits per heavy atom. The van der Waals surface area contributed by atoms with Crippen LogP contribution in [-0.4, -0.2) is 22.3 Å². The molecule has 3 nitrogen and oxygen atoms in total. The van der Waals surface area contributed by atoms with E-state index < -0.39 is 12.1 Å². The highest BCUT2D eigenvalue weighted by molar-refractivity contribution is 5.72. The van der Waals surface area contributed by atoms with Crippen LogP contribution in [0.2, 0.25) is 0 Å². The SMILES string of the molecule is CC(C)[C@H](C)C(O)C(=O)O. The Morgan fingerprint density at radius 1 is 1.30 bits per heavy atom. The molecule has 0 heterocycles. The van der Waals surface area contributed by atoms with E-state index in [0.29, 0.717) is 0 Å². The van der Waals surface area contributed by atoms with Crippen molar-refractivity contribution < 1.29 is 15.0 Å². The topological polar surface area (TPSA) is 57.5 Å². The van der Waals surface area contributed by atoms with Gasteiger partial charge in [-0.3, -0.25) is 0 Å². The number of carboxylic acids is 1. The normalized spacial score (nSPS) is 16.9. The maximum absolute atomic E-state index is 10.2. The molecule has 0 bridgehead atoms. The Kier molecular flexibility index (Phi) is 3.36. The summed E-state index contributed by atoms with van der Waals surface area (Å²) in [6.07, 6.45) is -1.22. The van der Waals surface area contributed by atoms with E-state index in [-0.39, 0.29) is 11.8 Å². The number of aliphatic hydroxyl groups is 1. The molecule has 0 aromatic heterocycles. The van der Waals surface area contributed by atoms with Crippen molar-refractivity contribution >= 4 is 5.97 Å². The Morgan fingerprint density at radius 3 is 1.80 bits per heavy atom. The third-order valence-electron chi connectivity index (χ3n) is 1.80.